The van der Waals surface area contributed by atoms with Crippen molar-refractivity contribution >= 4 is 23.8 Å². The van der Waals surface area contributed by atoms with Crippen molar-refractivity contribution in [2.24, 2.45) is 64.1 Å². The molecule has 16 rings (SSSR count). The molecule has 14 heteroatoms. The maximum atomic E-state index is 15.6. The van der Waals surface area contributed by atoms with E-state index < -0.39 is 34.4 Å². The summed E-state index contributed by atoms with van der Waals surface area (Å²) in [7, 11) is 2.04. The summed E-state index contributed by atoms with van der Waals surface area (Å²) in [6.45, 7) is 7.89. The van der Waals surface area contributed by atoms with Gasteiger partial charge in [0.2, 0.25) is 0 Å². The molecule has 1 spiro atoms. The lowest BCUT2D eigenvalue weighted by atomic mass is 9.44. The number of carbonyl (C=O) groups excluding carboxylic acids is 3. The van der Waals surface area contributed by atoms with Crippen molar-refractivity contribution in [3.63, 3.8) is 0 Å². The van der Waals surface area contributed by atoms with E-state index >= 15 is 9.59 Å². The third-order valence-corrected chi connectivity index (χ3v) is 24.7. The van der Waals surface area contributed by atoms with Crippen LogP contribution in [0.2, 0.25) is 0 Å². The Bertz CT molecular complexity index is 3760. The average Bonchev–Trinajstić information content (AvgIpc) is 1.62. The molecule has 6 aliphatic carbocycles. The van der Waals surface area contributed by atoms with Gasteiger partial charge in [-0.1, -0.05) is 104 Å². The molecule has 4 aromatic rings. The lowest BCUT2D eigenvalue weighted by Gasteiger charge is -2.56. The van der Waals surface area contributed by atoms with Crippen LogP contribution in [0.3, 0.4) is 0 Å². The number of hydrogen-bond donors (Lipinski definition) is 9. The third-order valence-electron chi connectivity index (χ3n) is 24.7. The third kappa shape index (κ3) is 12.6. The Hall–Kier alpha value is -6.51. The molecule has 14 nitrogen and oxygen atoms in total. The number of aldehydes is 1. The van der Waals surface area contributed by atoms with Gasteiger partial charge < -0.3 is 61.3 Å². The number of aliphatic hydroxyl groups excluding tert-OH is 1. The van der Waals surface area contributed by atoms with Crippen LogP contribution >= 0.6 is 0 Å². The highest BCUT2D eigenvalue weighted by Crippen LogP contribution is 2.72. The van der Waals surface area contributed by atoms with Crippen molar-refractivity contribution in [3.8, 4) is 28.7 Å². The number of rotatable bonds is 14. The van der Waals surface area contributed by atoms with Gasteiger partial charge in [0, 0.05) is 61.7 Å². The van der Waals surface area contributed by atoms with Crippen LogP contribution in [0, 0.1) is 75.9 Å². The molecule has 4 aromatic carbocycles. The van der Waals surface area contributed by atoms with Gasteiger partial charge >= 0.3 is 11.9 Å². The predicted molar refractivity (Wildman–Crippen MR) is 368 cm³/mol. The summed E-state index contributed by atoms with van der Waals surface area (Å²) in [5.41, 5.74) is 7.78. The Morgan fingerprint density at radius 3 is 2.48 bits per heavy atom. The molecule has 14 bridgehead atoms. The van der Waals surface area contributed by atoms with E-state index in [0.717, 1.165) is 123 Å². The number of hydrogen-bond acceptors (Lipinski definition) is 14. The van der Waals surface area contributed by atoms with E-state index in [2.05, 4.69) is 112 Å². The minimum atomic E-state index is -1.39. The minimum absolute atomic E-state index is 0.0240. The highest BCUT2D eigenvalue weighted by molar-refractivity contribution is 6.07. The molecule has 0 aromatic heterocycles. The van der Waals surface area contributed by atoms with Gasteiger partial charge in [0.25, 0.3) is 0 Å². The molecule has 9 N–H and O–H groups in total. The summed E-state index contributed by atoms with van der Waals surface area (Å²) >= 11 is 0. The molecule has 5 fully saturated rings. The van der Waals surface area contributed by atoms with Crippen molar-refractivity contribution in [1.29, 1.82) is 0 Å². The van der Waals surface area contributed by atoms with Crippen molar-refractivity contribution in [1.82, 2.24) is 26.6 Å². The van der Waals surface area contributed by atoms with Gasteiger partial charge in [-0.05, 0) is 258 Å². The number of aromatic hydroxyl groups is 1. The van der Waals surface area contributed by atoms with Crippen LogP contribution < -0.4 is 26.6 Å². The number of β-amino-alcohol motifs (C(OH)–C–C–N with tert-alkyl or cyclic N) is 1. The molecule has 0 amide bonds. The number of fused-ring (bicyclic) bond motifs is 5. The molecule has 2 saturated heterocycles. The number of phenolic OH excluding ortho intramolecular Hbond substituents is 1. The van der Waals surface area contributed by atoms with Crippen LogP contribution in [-0.2, 0) is 49.8 Å². The fourth-order valence-electron chi connectivity index (χ4n) is 20.2. The first kappa shape index (κ1) is 65.8. The van der Waals surface area contributed by atoms with Gasteiger partial charge in [-0.2, -0.15) is 0 Å². The zero-order chi connectivity index (χ0) is 65.6. The maximum absolute atomic E-state index is 15.6. The highest BCUT2D eigenvalue weighted by Gasteiger charge is 2.69. The Morgan fingerprint density at radius 1 is 0.821 bits per heavy atom. The number of nitrogens with one attached hydrogen (secondary N) is 5. The number of benzene rings is 4. The molecular weight excluding hydrogens is 1190 g/mol. The second-order valence-electron chi connectivity index (χ2n) is 30.4. The second-order valence-corrected chi connectivity index (χ2v) is 30.4. The zero-order valence-electron chi connectivity index (χ0n) is 56.0. The number of esters is 2. The molecule has 6 aliphatic heterocycles. The first-order valence-electron chi connectivity index (χ1n) is 36.1. The van der Waals surface area contributed by atoms with Gasteiger partial charge in [0.15, 0.2) is 0 Å². The van der Waals surface area contributed by atoms with Crippen LogP contribution in [0.25, 0.3) is 16.7 Å². The molecule has 6 heterocycles. The van der Waals surface area contributed by atoms with Gasteiger partial charge in [0.05, 0.1) is 34.3 Å². The van der Waals surface area contributed by atoms with Gasteiger partial charge in [0.1, 0.15) is 23.6 Å². The Balaban J connectivity index is 0.965. The summed E-state index contributed by atoms with van der Waals surface area (Å²) in [6, 6.07) is 31.3. The molecule has 95 heavy (non-hydrogen) atoms. The number of allylic oxidation sites excluding steroid dienone is 5. The van der Waals surface area contributed by atoms with Crippen LogP contribution in [0.4, 0.5) is 0 Å². The van der Waals surface area contributed by atoms with Crippen molar-refractivity contribution < 1.29 is 44.3 Å². The second kappa shape index (κ2) is 27.4. The Kier molecular flexibility index (Phi) is 19.0. The molecule has 0 unspecified atom stereocenters. The molecule has 14 atom stereocenters. The smallest absolute Gasteiger partial charge is 0.340 e. The number of cyclic esters (lactones) is 1. The molecular formula is C81H99N5O9. The summed E-state index contributed by atoms with van der Waals surface area (Å²) in [5.74, 6) is 6.17. The quantitative estimate of drug-likeness (QED) is 0.0249. The van der Waals surface area contributed by atoms with E-state index in [0.29, 0.717) is 93.7 Å². The summed E-state index contributed by atoms with van der Waals surface area (Å²) in [6.07, 6.45) is 19.0. The lowest BCUT2D eigenvalue weighted by Crippen LogP contribution is -2.52. The van der Waals surface area contributed by atoms with Crippen molar-refractivity contribution in [2.75, 3.05) is 39.8 Å². The monoisotopic (exact) mass is 1290 g/mol. The van der Waals surface area contributed by atoms with E-state index in [1.54, 1.807) is 6.07 Å². The van der Waals surface area contributed by atoms with Crippen LogP contribution in [0.5, 0.6) is 5.75 Å². The SMILES string of the molecule is CCCNCc1cc2cc(c1)[C@H]1NC[C@@](C)(O)[C@H](CC=O)C#C[C@H](C3(O)CCCC3)C[C@H]3C[C@@]([C@@H]4CCN[C@H](NC)C4)(C/C=C4\OC(=O)C5=C4CC[C@H]4[C@H]6CC[C@]7(C(=C6c6cc(O)ccc6-c6cccc(c6)CNCC2)C(=O)O/C7=C\[C@H](CCO)Cc2ccccc2)[C@@H]54)C[C@@H]31. The molecule has 502 valence electrons. The lowest BCUT2D eigenvalue weighted by molar-refractivity contribution is -0.135. The van der Waals surface area contributed by atoms with Crippen LogP contribution in [0.1, 0.15) is 162 Å². The molecule has 12 aliphatic rings. The minimum Gasteiger partial charge on any atom is -0.508 e. The van der Waals surface area contributed by atoms with E-state index in [-0.39, 0.29) is 90.3 Å². The Labute approximate surface area is 561 Å². The number of piperidine rings is 1. The summed E-state index contributed by atoms with van der Waals surface area (Å²) < 4.78 is 13.6. The summed E-state index contributed by atoms with van der Waals surface area (Å²) in [5, 5.41) is 67.0. The number of carbonyl (C=O) groups is 3. The van der Waals surface area contributed by atoms with Gasteiger partial charge in [-0.25, -0.2) is 9.59 Å². The van der Waals surface area contributed by atoms with E-state index in [9.17, 15) is 25.2 Å². The Morgan fingerprint density at radius 2 is 1.67 bits per heavy atom. The standard InChI is InChI=1S/C81H99N5O9/c1-4-31-83-48-54-37-51-23-32-84-47-53-13-10-14-55(39-53)62-18-17-61(89)44-66(62)71-63-21-30-81(69(95-77(91)74(71)81)41-52(25-34-87)36-50-11-6-5-7-12-50)73-64(63)19-20-65-68(94-76(90)72(65)73)22-29-79(59-24-33-85-70(43-59)82-3)45-57-42-60(80(93)27-8-9-28-80)16-15-58(26-35-88)78(2,92)49-86-75(67(57)46-79)56(38-51)40-54/h5-7,10-14,17-18,22,35,37-41,44,52,57-60,63-64,67,70,73,75,82-87,89,92-93H,4,8-9,19-21,23-34,36,42-43,45-49H2,1-3H3/b68-22-,69-41-/t52-,57+,58+,59-,60+,63-,64+,67+,70+,73-,75-,78-,79+,81-/m1/s1. The normalized spacial score (nSPS) is 33.8. The molecule has 0 radical (unpaired) electrons. The highest BCUT2D eigenvalue weighted by atomic mass is 16.6. The summed E-state index contributed by atoms with van der Waals surface area (Å²) in [4.78, 5) is 43.7. The fourth-order valence-corrected chi connectivity index (χ4v) is 20.2. The van der Waals surface area contributed by atoms with Crippen molar-refractivity contribution in [3.05, 3.63) is 165 Å². The zero-order valence-corrected chi connectivity index (χ0v) is 56.0. The number of aliphatic hydroxyl groups is 3. The topological polar surface area (TPSA) is 211 Å². The van der Waals surface area contributed by atoms with Gasteiger partial charge in [-0.3, -0.25) is 0 Å². The fraction of sp³-hybridized carbons (Fsp3) is 0.543. The van der Waals surface area contributed by atoms with Gasteiger partial charge in [-0.15, -0.1) is 0 Å². The van der Waals surface area contributed by atoms with Crippen molar-refractivity contribution in [2.45, 2.75) is 172 Å². The average molecular weight is 1290 g/mol. The van der Waals surface area contributed by atoms with E-state index in [1.165, 1.54) is 16.7 Å². The van der Waals surface area contributed by atoms with E-state index in [4.69, 9.17) is 9.47 Å². The van der Waals surface area contributed by atoms with E-state index in [1.807, 2.05) is 44.3 Å². The van der Waals surface area contributed by atoms with Crippen LogP contribution in [0.15, 0.2) is 131 Å². The largest absolute Gasteiger partial charge is 0.508 e. The first-order valence-corrected chi connectivity index (χ1v) is 36.1. The number of phenols is 1. The van der Waals surface area contributed by atoms with Crippen LogP contribution in [-0.4, -0.2) is 95.9 Å². The predicted octanol–water partition coefficient (Wildman–Crippen LogP) is 11.4. The molecule has 3 saturated carbocycles. The number of ether oxygens (including phenoxy) is 2. The first-order chi connectivity index (χ1) is 46.1. The maximum Gasteiger partial charge on any atom is 0.340 e.